The standard InChI is InChI=1S/C11H21N3O2.ClH/c1-7-2-4-8(5-3-7)14-11(16)9(12)6-10(13)15;/h7-9H,2-6,12H2,1H3,(H2,13,15)(H,14,16);1H. The molecule has 100 valence electrons. The van der Waals surface area contributed by atoms with E-state index in [1.807, 2.05) is 0 Å². The Morgan fingerprint density at radius 1 is 1.29 bits per heavy atom. The first-order valence-corrected chi connectivity index (χ1v) is 5.83. The lowest BCUT2D eigenvalue weighted by Gasteiger charge is -2.27. The van der Waals surface area contributed by atoms with Gasteiger partial charge in [-0.15, -0.1) is 12.4 Å². The van der Waals surface area contributed by atoms with Crippen molar-refractivity contribution in [3.05, 3.63) is 0 Å². The molecular weight excluding hydrogens is 242 g/mol. The summed E-state index contributed by atoms with van der Waals surface area (Å²) in [5, 5.41) is 2.87. The average molecular weight is 264 g/mol. The van der Waals surface area contributed by atoms with Gasteiger partial charge in [0.2, 0.25) is 11.8 Å². The number of hydrogen-bond acceptors (Lipinski definition) is 3. The zero-order chi connectivity index (χ0) is 12.1. The number of halogens is 1. The van der Waals surface area contributed by atoms with Crippen LogP contribution < -0.4 is 16.8 Å². The van der Waals surface area contributed by atoms with Crippen molar-refractivity contribution in [2.45, 2.75) is 51.1 Å². The molecule has 1 rings (SSSR count). The van der Waals surface area contributed by atoms with E-state index >= 15 is 0 Å². The fourth-order valence-electron chi connectivity index (χ4n) is 2.02. The number of carbonyl (C=O) groups excluding carboxylic acids is 2. The van der Waals surface area contributed by atoms with Gasteiger partial charge in [-0.1, -0.05) is 6.92 Å². The van der Waals surface area contributed by atoms with E-state index in [1.54, 1.807) is 0 Å². The highest BCUT2D eigenvalue weighted by molar-refractivity contribution is 5.87. The first-order valence-electron chi connectivity index (χ1n) is 5.83. The molecule has 1 fully saturated rings. The number of carbonyl (C=O) groups is 2. The number of rotatable bonds is 4. The lowest BCUT2D eigenvalue weighted by Crippen LogP contribution is -2.47. The third kappa shape index (κ3) is 5.89. The second-order valence-corrected chi connectivity index (χ2v) is 4.74. The van der Waals surface area contributed by atoms with Crippen molar-refractivity contribution >= 4 is 24.2 Å². The maximum atomic E-state index is 11.6. The first kappa shape index (κ1) is 16.2. The van der Waals surface area contributed by atoms with Crippen LogP contribution in [0.1, 0.15) is 39.0 Å². The minimum Gasteiger partial charge on any atom is -0.370 e. The molecule has 2 amide bonds. The van der Waals surface area contributed by atoms with E-state index in [4.69, 9.17) is 11.5 Å². The summed E-state index contributed by atoms with van der Waals surface area (Å²) in [4.78, 5) is 22.2. The predicted molar refractivity (Wildman–Crippen MR) is 68.6 cm³/mol. The molecule has 5 N–H and O–H groups in total. The van der Waals surface area contributed by atoms with E-state index < -0.39 is 11.9 Å². The molecule has 0 heterocycles. The molecule has 0 spiro atoms. The maximum absolute atomic E-state index is 11.6. The maximum Gasteiger partial charge on any atom is 0.237 e. The second kappa shape index (κ2) is 7.50. The van der Waals surface area contributed by atoms with Gasteiger partial charge in [0.05, 0.1) is 12.5 Å². The lowest BCUT2D eigenvalue weighted by molar-refractivity contribution is -0.127. The Morgan fingerprint density at radius 2 is 1.82 bits per heavy atom. The van der Waals surface area contributed by atoms with Gasteiger partial charge in [-0.25, -0.2) is 0 Å². The Kier molecular flexibility index (Phi) is 7.15. The molecule has 0 radical (unpaired) electrons. The Bertz CT molecular complexity index is 265. The van der Waals surface area contributed by atoms with Crippen LogP contribution in [0.15, 0.2) is 0 Å². The zero-order valence-corrected chi connectivity index (χ0v) is 11.0. The summed E-state index contributed by atoms with van der Waals surface area (Å²) in [5.41, 5.74) is 10.5. The van der Waals surface area contributed by atoms with Gasteiger partial charge in [-0.3, -0.25) is 9.59 Å². The molecule has 1 aliphatic rings. The van der Waals surface area contributed by atoms with Gasteiger partial charge in [0.1, 0.15) is 0 Å². The van der Waals surface area contributed by atoms with Crippen LogP contribution in [0.5, 0.6) is 0 Å². The summed E-state index contributed by atoms with van der Waals surface area (Å²) in [6, 6.07) is -0.598. The summed E-state index contributed by atoms with van der Waals surface area (Å²) < 4.78 is 0. The van der Waals surface area contributed by atoms with E-state index in [1.165, 1.54) is 0 Å². The van der Waals surface area contributed by atoms with E-state index in [9.17, 15) is 9.59 Å². The lowest BCUT2D eigenvalue weighted by atomic mass is 9.87. The SMILES string of the molecule is CC1CCC(NC(=O)C(N)CC(N)=O)CC1.Cl. The third-order valence-electron chi connectivity index (χ3n) is 3.12. The van der Waals surface area contributed by atoms with Gasteiger partial charge in [0.25, 0.3) is 0 Å². The molecular formula is C11H22ClN3O2. The summed E-state index contributed by atoms with van der Waals surface area (Å²) in [6.07, 6.45) is 4.17. The quantitative estimate of drug-likeness (QED) is 0.681. The molecule has 0 bridgehead atoms. The molecule has 0 aromatic carbocycles. The smallest absolute Gasteiger partial charge is 0.237 e. The van der Waals surface area contributed by atoms with E-state index in [2.05, 4.69) is 12.2 Å². The first-order chi connectivity index (χ1) is 7.49. The average Bonchev–Trinajstić information content (AvgIpc) is 2.20. The van der Waals surface area contributed by atoms with Gasteiger partial charge in [0.15, 0.2) is 0 Å². The van der Waals surface area contributed by atoms with Crippen LogP contribution in [0.25, 0.3) is 0 Å². The highest BCUT2D eigenvalue weighted by Crippen LogP contribution is 2.23. The number of amides is 2. The van der Waals surface area contributed by atoms with Gasteiger partial charge in [-0.2, -0.15) is 0 Å². The van der Waals surface area contributed by atoms with Crippen molar-refractivity contribution in [3.63, 3.8) is 0 Å². The monoisotopic (exact) mass is 263 g/mol. The molecule has 0 aromatic rings. The number of hydrogen-bond donors (Lipinski definition) is 3. The van der Waals surface area contributed by atoms with E-state index in [0.717, 1.165) is 31.6 Å². The normalized spacial score (nSPS) is 25.5. The van der Waals surface area contributed by atoms with Gasteiger partial charge >= 0.3 is 0 Å². The van der Waals surface area contributed by atoms with Crippen LogP contribution in [-0.4, -0.2) is 23.9 Å². The highest BCUT2D eigenvalue weighted by Gasteiger charge is 2.22. The Balaban J connectivity index is 0.00000256. The summed E-state index contributed by atoms with van der Waals surface area (Å²) in [7, 11) is 0. The van der Waals surface area contributed by atoms with Gasteiger partial charge < -0.3 is 16.8 Å². The summed E-state index contributed by atoms with van der Waals surface area (Å²) in [6.45, 7) is 2.22. The van der Waals surface area contributed by atoms with Crippen molar-refractivity contribution in [2.24, 2.45) is 17.4 Å². The van der Waals surface area contributed by atoms with Crippen LogP contribution in [0.4, 0.5) is 0 Å². The molecule has 17 heavy (non-hydrogen) atoms. The fraction of sp³-hybridized carbons (Fsp3) is 0.818. The molecule has 5 nitrogen and oxygen atoms in total. The molecule has 1 saturated carbocycles. The van der Waals surface area contributed by atoms with Crippen LogP contribution in [0.3, 0.4) is 0 Å². The van der Waals surface area contributed by atoms with Crippen molar-refractivity contribution in [3.8, 4) is 0 Å². The Morgan fingerprint density at radius 3 is 2.29 bits per heavy atom. The molecule has 0 aliphatic heterocycles. The van der Waals surface area contributed by atoms with Crippen LogP contribution in [0, 0.1) is 5.92 Å². The van der Waals surface area contributed by atoms with Gasteiger partial charge in [-0.05, 0) is 31.6 Å². The topological polar surface area (TPSA) is 98.2 Å². The second-order valence-electron chi connectivity index (χ2n) is 4.74. The van der Waals surface area contributed by atoms with E-state index in [-0.39, 0.29) is 30.8 Å². The van der Waals surface area contributed by atoms with Crippen LogP contribution in [-0.2, 0) is 9.59 Å². The summed E-state index contributed by atoms with van der Waals surface area (Å²) in [5.74, 6) is -0.0642. The minimum atomic E-state index is -0.808. The number of primary amides is 1. The zero-order valence-electron chi connectivity index (χ0n) is 10.1. The molecule has 1 aliphatic carbocycles. The predicted octanol–water partition coefficient (Wildman–Crippen LogP) is 0.306. The van der Waals surface area contributed by atoms with Crippen molar-refractivity contribution in [2.75, 3.05) is 0 Å². The van der Waals surface area contributed by atoms with Gasteiger partial charge in [0, 0.05) is 6.04 Å². The van der Waals surface area contributed by atoms with Crippen LogP contribution >= 0.6 is 12.4 Å². The fourth-order valence-corrected chi connectivity index (χ4v) is 2.02. The number of nitrogens with one attached hydrogen (secondary N) is 1. The molecule has 1 atom stereocenters. The Labute approximate surface area is 108 Å². The largest absolute Gasteiger partial charge is 0.370 e. The highest BCUT2D eigenvalue weighted by atomic mass is 35.5. The molecule has 0 saturated heterocycles. The van der Waals surface area contributed by atoms with Crippen molar-refractivity contribution in [1.82, 2.24) is 5.32 Å². The Hall–Kier alpha value is -0.810. The summed E-state index contributed by atoms with van der Waals surface area (Å²) >= 11 is 0. The van der Waals surface area contributed by atoms with E-state index in [0.29, 0.717) is 0 Å². The van der Waals surface area contributed by atoms with Crippen molar-refractivity contribution < 1.29 is 9.59 Å². The number of nitrogens with two attached hydrogens (primary N) is 2. The molecule has 6 heteroatoms. The van der Waals surface area contributed by atoms with Crippen molar-refractivity contribution in [1.29, 1.82) is 0 Å². The molecule has 0 aromatic heterocycles. The molecule has 1 unspecified atom stereocenters. The third-order valence-corrected chi connectivity index (χ3v) is 3.12. The van der Waals surface area contributed by atoms with Crippen LogP contribution in [0.2, 0.25) is 0 Å². The minimum absolute atomic E-state index is 0.